The quantitative estimate of drug-likeness (QED) is 0.293. The van der Waals surface area contributed by atoms with Gasteiger partial charge in [0.15, 0.2) is 5.76 Å². The lowest BCUT2D eigenvalue weighted by molar-refractivity contribution is -0.385. The van der Waals surface area contributed by atoms with Crippen LogP contribution in [-0.2, 0) is 9.53 Å². The highest BCUT2D eigenvalue weighted by atomic mass is 35.5. The van der Waals surface area contributed by atoms with Crippen molar-refractivity contribution < 1.29 is 19.6 Å². The van der Waals surface area contributed by atoms with Gasteiger partial charge in [0.1, 0.15) is 17.2 Å². The van der Waals surface area contributed by atoms with E-state index in [2.05, 4.69) is 0 Å². The van der Waals surface area contributed by atoms with Crippen molar-refractivity contribution in [3.8, 4) is 6.07 Å². The fourth-order valence-electron chi connectivity index (χ4n) is 1.60. The maximum Gasteiger partial charge on any atom is 0.281 e. The van der Waals surface area contributed by atoms with E-state index in [4.69, 9.17) is 21.6 Å². The standard InChI is InChI=1S/C14H13ClN2O5/c1-14(2,22-3)13(19)10(7-16)12(18)9-5-4-8(15)6-11(9)17(20)21/h4-6,18H,1-3H3. The van der Waals surface area contributed by atoms with Gasteiger partial charge in [-0.25, -0.2) is 0 Å². The second-order valence-electron chi connectivity index (χ2n) is 4.80. The van der Waals surface area contributed by atoms with E-state index < -0.39 is 33.3 Å². The van der Waals surface area contributed by atoms with Gasteiger partial charge in [-0.05, 0) is 26.0 Å². The van der Waals surface area contributed by atoms with Crippen LogP contribution in [0.2, 0.25) is 5.02 Å². The van der Waals surface area contributed by atoms with Crippen molar-refractivity contribution >= 4 is 28.8 Å². The summed E-state index contributed by atoms with van der Waals surface area (Å²) in [6.45, 7) is 2.83. The number of Topliss-reactive ketones (excluding diaryl/α,β-unsaturated/α-hetero) is 1. The van der Waals surface area contributed by atoms with Crippen LogP contribution in [0, 0.1) is 21.4 Å². The van der Waals surface area contributed by atoms with Crippen LogP contribution < -0.4 is 0 Å². The molecule has 0 fully saturated rings. The Labute approximate surface area is 131 Å². The smallest absolute Gasteiger partial charge is 0.281 e. The first-order valence-electron chi connectivity index (χ1n) is 6.03. The Hall–Kier alpha value is -2.43. The zero-order chi connectivity index (χ0) is 17.1. The number of hydrogen-bond donors (Lipinski definition) is 1. The monoisotopic (exact) mass is 324 g/mol. The van der Waals surface area contributed by atoms with Gasteiger partial charge in [-0.1, -0.05) is 11.6 Å². The number of nitro groups is 1. The third kappa shape index (κ3) is 3.42. The molecule has 0 amide bonds. The number of hydrogen-bond acceptors (Lipinski definition) is 6. The van der Waals surface area contributed by atoms with Crippen LogP contribution in [0.15, 0.2) is 23.8 Å². The predicted molar refractivity (Wildman–Crippen MR) is 79.4 cm³/mol. The molecule has 22 heavy (non-hydrogen) atoms. The molecular formula is C14H13ClN2O5. The molecule has 1 aromatic carbocycles. The Bertz CT molecular complexity index is 704. The van der Waals surface area contributed by atoms with Gasteiger partial charge in [0.2, 0.25) is 5.78 Å². The molecule has 0 bridgehead atoms. The molecule has 116 valence electrons. The minimum atomic E-state index is -1.36. The van der Waals surface area contributed by atoms with E-state index in [-0.39, 0.29) is 10.6 Å². The van der Waals surface area contributed by atoms with E-state index in [0.29, 0.717) is 0 Å². The van der Waals surface area contributed by atoms with E-state index >= 15 is 0 Å². The van der Waals surface area contributed by atoms with E-state index in [1.807, 2.05) is 0 Å². The largest absolute Gasteiger partial charge is 0.506 e. The van der Waals surface area contributed by atoms with Gasteiger partial charge in [-0.3, -0.25) is 14.9 Å². The third-order valence-electron chi connectivity index (χ3n) is 3.04. The number of aliphatic hydroxyl groups is 1. The maximum absolute atomic E-state index is 12.2. The molecule has 1 rings (SSSR count). The number of nitro benzene ring substituents is 1. The molecule has 1 aromatic rings. The van der Waals surface area contributed by atoms with Gasteiger partial charge >= 0.3 is 0 Å². The van der Waals surface area contributed by atoms with Crippen LogP contribution in [0.5, 0.6) is 0 Å². The molecule has 1 N–H and O–H groups in total. The summed E-state index contributed by atoms with van der Waals surface area (Å²) in [6, 6.07) is 5.06. The first-order chi connectivity index (χ1) is 10.2. The van der Waals surface area contributed by atoms with Crippen molar-refractivity contribution in [2.24, 2.45) is 0 Å². The molecular weight excluding hydrogens is 312 g/mol. The molecule has 0 saturated heterocycles. The Balaban J connectivity index is 3.57. The van der Waals surface area contributed by atoms with Gasteiger partial charge in [0, 0.05) is 18.2 Å². The summed E-state index contributed by atoms with van der Waals surface area (Å²) in [7, 11) is 1.27. The Morgan fingerprint density at radius 3 is 2.55 bits per heavy atom. The second-order valence-corrected chi connectivity index (χ2v) is 5.23. The first-order valence-corrected chi connectivity index (χ1v) is 6.41. The summed E-state index contributed by atoms with van der Waals surface area (Å²) in [4.78, 5) is 22.5. The zero-order valence-electron chi connectivity index (χ0n) is 12.1. The van der Waals surface area contributed by atoms with Crippen LogP contribution in [-0.4, -0.2) is 28.5 Å². The first kappa shape index (κ1) is 17.6. The number of aliphatic hydroxyl groups excluding tert-OH is 1. The topological polar surface area (TPSA) is 113 Å². The Morgan fingerprint density at radius 1 is 1.50 bits per heavy atom. The highest BCUT2D eigenvalue weighted by molar-refractivity contribution is 6.30. The summed E-state index contributed by atoms with van der Waals surface area (Å²) in [5.41, 5.74) is -2.77. The van der Waals surface area contributed by atoms with Crippen LogP contribution in [0.4, 0.5) is 5.69 Å². The van der Waals surface area contributed by atoms with Crippen LogP contribution in [0.25, 0.3) is 5.76 Å². The van der Waals surface area contributed by atoms with Gasteiger partial charge in [0.25, 0.3) is 5.69 Å². The summed E-state index contributed by atoms with van der Waals surface area (Å²) in [5, 5.41) is 30.4. The second kappa shape index (κ2) is 6.56. The molecule has 0 aliphatic rings. The van der Waals surface area contributed by atoms with Crippen molar-refractivity contribution in [1.82, 2.24) is 0 Å². The molecule has 0 radical (unpaired) electrons. The zero-order valence-corrected chi connectivity index (χ0v) is 12.8. The molecule has 0 saturated carbocycles. The summed E-state index contributed by atoms with van der Waals surface area (Å²) in [5.74, 6) is -1.58. The van der Waals surface area contributed by atoms with E-state index in [1.54, 1.807) is 6.07 Å². The molecule has 0 unspecified atom stereocenters. The van der Waals surface area contributed by atoms with Gasteiger partial charge in [-0.2, -0.15) is 5.26 Å². The third-order valence-corrected chi connectivity index (χ3v) is 3.28. The van der Waals surface area contributed by atoms with Crippen LogP contribution in [0.3, 0.4) is 0 Å². The Kier molecular flexibility index (Phi) is 5.25. The molecule has 0 atom stereocenters. The number of nitriles is 1. The number of carbonyl (C=O) groups is 1. The van der Waals surface area contributed by atoms with E-state index in [9.17, 15) is 20.0 Å². The molecule has 0 spiro atoms. The molecule has 7 nitrogen and oxygen atoms in total. The van der Waals surface area contributed by atoms with Crippen LogP contribution >= 0.6 is 11.6 Å². The highest BCUT2D eigenvalue weighted by Gasteiger charge is 2.34. The average Bonchev–Trinajstić information content (AvgIpc) is 2.47. The van der Waals surface area contributed by atoms with Gasteiger partial charge in [0.05, 0.1) is 10.5 Å². The number of methoxy groups -OCH3 is 1. The number of ether oxygens (including phenoxy) is 1. The highest BCUT2D eigenvalue weighted by Crippen LogP contribution is 2.30. The van der Waals surface area contributed by atoms with Crippen molar-refractivity contribution in [3.63, 3.8) is 0 Å². The number of halogens is 1. The number of benzene rings is 1. The molecule has 0 aliphatic heterocycles. The lowest BCUT2D eigenvalue weighted by Gasteiger charge is -2.20. The number of carbonyl (C=O) groups excluding carboxylic acids is 1. The molecule has 0 aliphatic carbocycles. The van der Waals surface area contributed by atoms with Crippen molar-refractivity contribution in [2.45, 2.75) is 19.4 Å². The summed E-state index contributed by atoms with van der Waals surface area (Å²) >= 11 is 5.68. The molecule has 0 heterocycles. The normalized spacial score (nSPS) is 12.3. The lowest BCUT2D eigenvalue weighted by Crippen LogP contribution is -2.35. The fraction of sp³-hybridized carbons (Fsp3) is 0.286. The summed E-state index contributed by atoms with van der Waals surface area (Å²) in [6.07, 6.45) is 0. The van der Waals surface area contributed by atoms with Crippen LogP contribution in [0.1, 0.15) is 19.4 Å². The SMILES string of the molecule is COC(C)(C)C(=O)C(C#N)=C(O)c1ccc(Cl)cc1[N+](=O)[O-]. The number of rotatable bonds is 5. The Morgan fingerprint density at radius 2 is 2.09 bits per heavy atom. The van der Waals surface area contributed by atoms with E-state index in [0.717, 1.165) is 6.07 Å². The fourth-order valence-corrected chi connectivity index (χ4v) is 1.76. The van der Waals surface area contributed by atoms with Crippen molar-refractivity contribution in [2.75, 3.05) is 7.11 Å². The van der Waals surface area contributed by atoms with Crippen molar-refractivity contribution in [3.05, 3.63) is 44.5 Å². The van der Waals surface area contributed by atoms with Gasteiger partial charge < -0.3 is 9.84 Å². The number of nitrogens with zero attached hydrogens (tertiary/aromatic N) is 2. The van der Waals surface area contributed by atoms with E-state index in [1.165, 1.54) is 33.1 Å². The number of ketones is 1. The van der Waals surface area contributed by atoms with Gasteiger partial charge in [-0.15, -0.1) is 0 Å². The predicted octanol–water partition coefficient (Wildman–Crippen LogP) is 3.03. The molecule has 0 aromatic heterocycles. The van der Waals surface area contributed by atoms with Crippen molar-refractivity contribution in [1.29, 1.82) is 5.26 Å². The minimum Gasteiger partial charge on any atom is -0.506 e. The minimum absolute atomic E-state index is 0.0882. The molecule has 8 heteroatoms. The average molecular weight is 325 g/mol. The maximum atomic E-state index is 12.2. The summed E-state index contributed by atoms with van der Waals surface area (Å²) < 4.78 is 4.96. The lowest BCUT2D eigenvalue weighted by atomic mass is 9.94.